The van der Waals surface area contributed by atoms with E-state index in [1.165, 1.54) is 32.1 Å². The summed E-state index contributed by atoms with van der Waals surface area (Å²) in [6.45, 7) is 1.70. The van der Waals surface area contributed by atoms with Crippen LogP contribution in [-0.4, -0.2) is 42.0 Å². The third kappa shape index (κ3) is 4.64. The molecule has 1 saturated heterocycles. The second-order valence-electron chi connectivity index (χ2n) is 5.74. The summed E-state index contributed by atoms with van der Waals surface area (Å²) in [5.41, 5.74) is 0. The lowest BCUT2D eigenvalue weighted by Gasteiger charge is -2.38. The SMILES string of the molecule is O=C(CCC1CCCCO1)N(CCCCl)C1CCC1. The molecule has 0 spiro atoms. The molecular weight excluding hydrogens is 262 g/mol. The Hall–Kier alpha value is -0.280. The molecule has 0 bridgehead atoms. The molecule has 2 rings (SSSR count). The summed E-state index contributed by atoms with van der Waals surface area (Å²) in [5, 5.41) is 0. The van der Waals surface area contributed by atoms with Gasteiger partial charge in [0.2, 0.25) is 5.91 Å². The van der Waals surface area contributed by atoms with E-state index in [1.807, 2.05) is 0 Å². The highest BCUT2D eigenvalue weighted by Gasteiger charge is 2.28. The van der Waals surface area contributed by atoms with Gasteiger partial charge in [0.05, 0.1) is 6.10 Å². The molecule has 4 heteroatoms. The monoisotopic (exact) mass is 287 g/mol. The van der Waals surface area contributed by atoms with Gasteiger partial charge in [-0.2, -0.15) is 0 Å². The summed E-state index contributed by atoms with van der Waals surface area (Å²) >= 11 is 5.76. The van der Waals surface area contributed by atoms with E-state index < -0.39 is 0 Å². The van der Waals surface area contributed by atoms with E-state index in [-0.39, 0.29) is 0 Å². The zero-order valence-corrected chi connectivity index (χ0v) is 12.5. The summed E-state index contributed by atoms with van der Waals surface area (Å²) in [4.78, 5) is 14.4. The Kier molecular flexibility index (Phi) is 6.45. The van der Waals surface area contributed by atoms with Gasteiger partial charge < -0.3 is 9.64 Å². The minimum Gasteiger partial charge on any atom is -0.378 e. The molecule has 2 aliphatic rings. The van der Waals surface area contributed by atoms with Crippen molar-refractivity contribution in [1.82, 2.24) is 4.90 Å². The van der Waals surface area contributed by atoms with Crippen LogP contribution in [0.5, 0.6) is 0 Å². The van der Waals surface area contributed by atoms with E-state index in [0.717, 1.165) is 32.4 Å². The van der Waals surface area contributed by atoms with E-state index in [0.29, 0.717) is 30.4 Å². The van der Waals surface area contributed by atoms with Crippen LogP contribution in [-0.2, 0) is 9.53 Å². The van der Waals surface area contributed by atoms with E-state index in [1.54, 1.807) is 0 Å². The lowest BCUT2D eigenvalue weighted by molar-refractivity contribution is -0.136. The molecule has 0 aromatic carbocycles. The maximum absolute atomic E-state index is 12.4. The maximum atomic E-state index is 12.4. The van der Waals surface area contributed by atoms with Gasteiger partial charge in [0.15, 0.2) is 0 Å². The van der Waals surface area contributed by atoms with Crippen LogP contribution in [0.25, 0.3) is 0 Å². The van der Waals surface area contributed by atoms with Crippen molar-refractivity contribution in [2.24, 2.45) is 0 Å². The smallest absolute Gasteiger partial charge is 0.222 e. The fraction of sp³-hybridized carbons (Fsp3) is 0.933. The van der Waals surface area contributed by atoms with Crippen molar-refractivity contribution in [1.29, 1.82) is 0 Å². The Bertz CT molecular complexity index is 275. The predicted molar refractivity (Wildman–Crippen MR) is 77.5 cm³/mol. The van der Waals surface area contributed by atoms with E-state index in [4.69, 9.17) is 16.3 Å². The fourth-order valence-electron chi connectivity index (χ4n) is 2.90. The van der Waals surface area contributed by atoms with Gasteiger partial charge in [-0.05, 0) is 51.4 Å². The van der Waals surface area contributed by atoms with Gasteiger partial charge in [-0.3, -0.25) is 4.79 Å². The number of ether oxygens (including phenoxy) is 1. The van der Waals surface area contributed by atoms with E-state index in [9.17, 15) is 4.79 Å². The molecule has 110 valence electrons. The Morgan fingerprint density at radius 2 is 2.05 bits per heavy atom. The first-order chi connectivity index (χ1) is 9.31. The highest BCUT2D eigenvalue weighted by Crippen LogP contribution is 2.26. The van der Waals surface area contributed by atoms with Crippen molar-refractivity contribution < 1.29 is 9.53 Å². The Morgan fingerprint density at radius 3 is 2.63 bits per heavy atom. The summed E-state index contributed by atoms with van der Waals surface area (Å²) < 4.78 is 5.70. The first kappa shape index (κ1) is 15.1. The molecule has 0 radical (unpaired) electrons. The Labute approximate surface area is 121 Å². The molecule has 3 nitrogen and oxygen atoms in total. The number of hydrogen-bond donors (Lipinski definition) is 0. The van der Waals surface area contributed by atoms with Crippen molar-refractivity contribution in [2.75, 3.05) is 19.0 Å². The van der Waals surface area contributed by atoms with Crippen LogP contribution in [0.15, 0.2) is 0 Å². The molecule has 2 fully saturated rings. The van der Waals surface area contributed by atoms with Crippen LogP contribution in [0.1, 0.15) is 57.8 Å². The number of alkyl halides is 1. The molecule has 1 aliphatic carbocycles. The standard InChI is InChI=1S/C15H26ClNO2/c16-10-4-11-17(13-5-3-6-13)15(18)9-8-14-7-1-2-12-19-14/h13-14H,1-12H2. The molecule has 1 aliphatic heterocycles. The second kappa shape index (κ2) is 8.11. The molecule has 0 aromatic heterocycles. The summed E-state index contributed by atoms with van der Waals surface area (Å²) in [5.74, 6) is 0.950. The highest BCUT2D eigenvalue weighted by atomic mass is 35.5. The Morgan fingerprint density at radius 1 is 1.21 bits per heavy atom. The van der Waals surface area contributed by atoms with Crippen LogP contribution < -0.4 is 0 Å². The van der Waals surface area contributed by atoms with Gasteiger partial charge >= 0.3 is 0 Å². The zero-order valence-electron chi connectivity index (χ0n) is 11.8. The van der Waals surface area contributed by atoms with Gasteiger partial charge in [0.1, 0.15) is 0 Å². The van der Waals surface area contributed by atoms with Crippen molar-refractivity contribution >= 4 is 17.5 Å². The number of rotatable bonds is 7. The maximum Gasteiger partial charge on any atom is 0.222 e. The summed E-state index contributed by atoms with van der Waals surface area (Å²) in [7, 11) is 0. The third-order valence-corrected chi connectivity index (χ3v) is 4.59. The summed E-state index contributed by atoms with van der Waals surface area (Å²) in [6, 6.07) is 0.489. The molecule has 1 heterocycles. The largest absolute Gasteiger partial charge is 0.378 e. The zero-order chi connectivity index (χ0) is 13.5. The van der Waals surface area contributed by atoms with Crippen LogP contribution in [0, 0.1) is 0 Å². The van der Waals surface area contributed by atoms with Crippen LogP contribution >= 0.6 is 11.6 Å². The summed E-state index contributed by atoms with van der Waals surface area (Å²) in [6.07, 6.45) is 9.91. The average molecular weight is 288 g/mol. The van der Waals surface area contributed by atoms with Crippen LogP contribution in [0.3, 0.4) is 0 Å². The fourth-order valence-corrected chi connectivity index (χ4v) is 3.02. The lowest BCUT2D eigenvalue weighted by atomic mass is 9.91. The average Bonchev–Trinajstić information content (AvgIpc) is 2.39. The first-order valence-corrected chi connectivity index (χ1v) is 8.31. The van der Waals surface area contributed by atoms with Gasteiger partial charge in [-0.25, -0.2) is 0 Å². The molecule has 1 unspecified atom stereocenters. The van der Waals surface area contributed by atoms with Crippen LogP contribution in [0.2, 0.25) is 0 Å². The molecule has 1 amide bonds. The van der Waals surface area contributed by atoms with Crippen molar-refractivity contribution in [2.45, 2.75) is 69.9 Å². The van der Waals surface area contributed by atoms with Crippen LogP contribution in [0.4, 0.5) is 0 Å². The third-order valence-electron chi connectivity index (χ3n) is 4.32. The molecule has 1 atom stereocenters. The number of amides is 1. The molecule has 1 saturated carbocycles. The number of nitrogens with zero attached hydrogens (tertiary/aromatic N) is 1. The normalized spacial score (nSPS) is 23.9. The highest BCUT2D eigenvalue weighted by molar-refractivity contribution is 6.17. The van der Waals surface area contributed by atoms with Gasteiger partial charge in [0.25, 0.3) is 0 Å². The number of carbonyl (C=O) groups is 1. The number of hydrogen-bond acceptors (Lipinski definition) is 2. The van der Waals surface area contributed by atoms with Gasteiger partial charge in [-0.1, -0.05) is 0 Å². The number of carbonyl (C=O) groups excluding carboxylic acids is 1. The molecule has 0 N–H and O–H groups in total. The van der Waals surface area contributed by atoms with Crippen molar-refractivity contribution in [3.63, 3.8) is 0 Å². The lowest BCUT2D eigenvalue weighted by Crippen LogP contribution is -2.45. The van der Waals surface area contributed by atoms with E-state index >= 15 is 0 Å². The molecule has 0 aromatic rings. The molecule has 19 heavy (non-hydrogen) atoms. The second-order valence-corrected chi connectivity index (χ2v) is 6.12. The Balaban J connectivity index is 1.73. The topological polar surface area (TPSA) is 29.5 Å². The minimum absolute atomic E-state index is 0.309. The van der Waals surface area contributed by atoms with Gasteiger partial charge in [0, 0.05) is 31.5 Å². The predicted octanol–water partition coefficient (Wildman–Crippen LogP) is 3.35. The number of halogens is 1. The quantitative estimate of drug-likeness (QED) is 0.672. The van der Waals surface area contributed by atoms with Crippen molar-refractivity contribution in [3.05, 3.63) is 0 Å². The minimum atomic E-state index is 0.309. The van der Waals surface area contributed by atoms with E-state index in [2.05, 4.69) is 4.90 Å². The van der Waals surface area contributed by atoms with Crippen molar-refractivity contribution in [3.8, 4) is 0 Å². The molecular formula is C15H26ClNO2. The first-order valence-electron chi connectivity index (χ1n) is 7.78. The van der Waals surface area contributed by atoms with Gasteiger partial charge in [-0.15, -0.1) is 11.6 Å².